The first-order valence-corrected chi connectivity index (χ1v) is 9.71. The molecule has 0 unspecified atom stereocenters. The molecule has 5 aromatic rings. The topological polar surface area (TPSA) is 132 Å². The van der Waals surface area contributed by atoms with E-state index in [1.807, 2.05) is 6.07 Å². The van der Waals surface area contributed by atoms with Crippen molar-refractivity contribution < 1.29 is 13.2 Å². The molecule has 0 fully saturated rings. The highest BCUT2D eigenvalue weighted by molar-refractivity contribution is 5.89. The van der Waals surface area contributed by atoms with Crippen molar-refractivity contribution in [2.45, 2.75) is 13.3 Å². The molecule has 4 heterocycles. The van der Waals surface area contributed by atoms with Crippen LogP contribution in [0.15, 0.2) is 47.2 Å². The van der Waals surface area contributed by atoms with Crippen LogP contribution in [0.1, 0.15) is 22.8 Å². The number of pyridine rings is 1. The lowest BCUT2D eigenvalue weighted by atomic mass is 10.0. The summed E-state index contributed by atoms with van der Waals surface area (Å²) in [6, 6.07) is 8.95. The normalized spacial score (nSPS) is 11.1. The minimum atomic E-state index is -0.705. The second kappa shape index (κ2) is 7.76. The fourth-order valence-corrected chi connectivity index (χ4v) is 3.57. The highest BCUT2D eigenvalue weighted by Gasteiger charge is 2.23. The van der Waals surface area contributed by atoms with Crippen molar-refractivity contribution in [3.8, 4) is 28.8 Å². The van der Waals surface area contributed by atoms with Gasteiger partial charge in [0.1, 0.15) is 35.4 Å². The van der Waals surface area contributed by atoms with Gasteiger partial charge in [-0.15, -0.1) is 5.10 Å². The standard InChI is InChI=1S/C22H14F2N8O/c1-11-7-12(8-13(10-25)28-11)18-19(21-27-5-6-33-21)30-22(26)32-20(18)29-17(31-32)9-14-15(23)3-2-4-16(14)24/h2-8H,9H2,1H3,(H2,26,30). The van der Waals surface area contributed by atoms with Crippen molar-refractivity contribution in [1.29, 1.82) is 5.26 Å². The lowest BCUT2D eigenvalue weighted by molar-refractivity contribution is 0.559. The number of oxazole rings is 1. The molecule has 9 nitrogen and oxygen atoms in total. The van der Waals surface area contributed by atoms with Crippen LogP contribution in [0.2, 0.25) is 0 Å². The van der Waals surface area contributed by atoms with Gasteiger partial charge in [-0.3, -0.25) is 0 Å². The summed E-state index contributed by atoms with van der Waals surface area (Å²) in [6.07, 6.45) is 2.64. The van der Waals surface area contributed by atoms with E-state index in [1.165, 1.54) is 35.2 Å². The fraction of sp³-hybridized carbons (Fsp3) is 0.0909. The summed E-state index contributed by atoms with van der Waals surface area (Å²) in [4.78, 5) is 17.2. The second-order valence-corrected chi connectivity index (χ2v) is 7.17. The molecule has 0 spiro atoms. The predicted molar refractivity (Wildman–Crippen MR) is 113 cm³/mol. The third-order valence-corrected chi connectivity index (χ3v) is 4.94. The summed E-state index contributed by atoms with van der Waals surface area (Å²) in [5.74, 6) is -1.13. The van der Waals surface area contributed by atoms with Crippen molar-refractivity contribution in [3.63, 3.8) is 0 Å². The number of hydrogen-bond acceptors (Lipinski definition) is 8. The molecule has 0 radical (unpaired) electrons. The minimum Gasteiger partial charge on any atom is -0.443 e. The van der Waals surface area contributed by atoms with Gasteiger partial charge in [-0.1, -0.05) is 6.07 Å². The molecule has 0 atom stereocenters. The number of fused-ring (bicyclic) bond motifs is 1. The van der Waals surface area contributed by atoms with Gasteiger partial charge < -0.3 is 10.2 Å². The van der Waals surface area contributed by atoms with Crippen LogP contribution in [0.5, 0.6) is 0 Å². The largest absolute Gasteiger partial charge is 0.443 e. The number of hydrogen-bond donors (Lipinski definition) is 1. The number of aromatic nitrogens is 6. The Bertz CT molecular complexity index is 1530. The van der Waals surface area contributed by atoms with Crippen molar-refractivity contribution in [2.75, 3.05) is 5.73 Å². The summed E-state index contributed by atoms with van der Waals surface area (Å²) >= 11 is 0. The van der Waals surface area contributed by atoms with Crippen LogP contribution in [0, 0.1) is 29.9 Å². The molecule has 0 saturated heterocycles. The Labute approximate surface area is 185 Å². The summed E-state index contributed by atoms with van der Waals surface area (Å²) in [7, 11) is 0. The van der Waals surface area contributed by atoms with Crippen LogP contribution in [-0.2, 0) is 6.42 Å². The number of nitrogens with two attached hydrogens (primary N) is 1. The van der Waals surface area contributed by atoms with Gasteiger partial charge in [-0.25, -0.2) is 28.7 Å². The minimum absolute atomic E-state index is 0.0269. The first-order chi connectivity index (χ1) is 15.9. The number of nitrogens with zero attached hydrogens (tertiary/aromatic N) is 7. The number of rotatable bonds is 4. The molecule has 0 saturated carbocycles. The van der Waals surface area contributed by atoms with E-state index >= 15 is 0 Å². The molecule has 0 aliphatic rings. The molecule has 0 aliphatic heterocycles. The Hall–Kier alpha value is -4.72. The van der Waals surface area contributed by atoms with E-state index in [0.29, 0.717) is 16.8 Å². The summed E-state index contributed by atoms with van der Waals surface area (Å²) < 4.78 is 35.1. The zero-order valence-electron chi connectivity index (χ0n) is 17.1. The average Bonchev–Trinajstić information content (AvgIpc) is 3.46. The Morgan fingerprint density at radius 3 is 2.64 bits per heavy atom. The molecule has 1 aromatic carbocycles. The molecular weight excluding hydrogens is 430 g/mol. The lowest BCUT2D eigenvalue weighted by Gasteiger charge is -2.10. The van der Waals surface area contributed by atoms with E-state index in [4.69, 9.17) is 10.2 Å². The Kier molecular flexibility index (Phi) is 4.75. The van der Waals surface area contributed by atoms with Gasteiger partial charge in [0.05, 0.1) is 11.8 Å². The number of halogens is 2. The van der Waals surface area contributed by atoms with Crippen molar-refractivity contribution >= 4 is 11.6 Å². The molecule has 11 heteroatoms. The van der Waals surface area contributed by atoms with E-state index in [9.17, 15) is 14.0 Å². The quantitative estimate of drug-likeness (QED) is 0.446. The predicted octanol–water partition coefficient (Wildman–Crippen LogP) is 3.47. The smallest absolute Gasteiger partial charge is 0.245 e. The molecule has 4 aromatic heterocycles. The molecular formula is C22H14F2N8O. The van der Waals surface area contributed by atoms with Gasteiger partial charge in [-0.05, 0) is 36.8 Å². The van der Waals surface area contributed by atoms with Gasteiger partial charge >= 0.3 is 0 Å². The van der Waals surface area contributed by atoms with Crippen LogP contribution < -0.4 is 5.73 Å². The van der Waals surface area contributed by atoms with Gasteiger partial charge in [0, 0.05) is 17.7 Å². The maximum Gasteiger partial charge on any atom is 0.245 e. The summed E-state index contributed by atoms with van der Waals surface area (Å²) in [6.45, 7) is 1.74. The highest BCUT2D eigenvalue weighted by Crippen LogP contribution is 2.35. The van der Waals surface area contributed by atoms with Crippen molar-refractivity contribution in [3.05, 3.63) is 77.2 Å². The van der Waals surface area contributed by atoms with E-state index in [-0.39, 0.29) is 46.7 Å². The van der Waals surface area contributed by atoms with Gasteiger partial charge in [0.15, 0.2) is 11.5 Å². The van der Waals surface area contributed by atoms with E-state index in [1.54, 1.807) is 19.1 Å². The first-order valence-electron chi connectivity index (χ1n) is 9.71. The number of aryl methyl sites for hydroxylation is 1. The molecule has 5 rings (SSSR count). The van der Waals surface area contributed by atoms with E-state index in [0.717, 1.165) is 0 Å². The monoisotopic (exact) mass is 444 g/mol. The molecule has 33 heavy (non-hydrogen) atoms. The molecule has 0 amide bonds. The average molecular weight is 444 g/mol. The Balaban J connectivity index is 1.78. The summed E-state index contributed by atoms with van der Waals surface area (Å²) in [5, 5.41) is 13.7. The van der Waals surface area contributed by atoms with Crippen LogP contribution in [0.25, 0.3) is 28.4 Å². The molecule has 2 N–H and O–H groups in total. The first kappa shape index (κ1) is 20.2. The van der Waals surface area contributed by atoms with Crippen LogP contribution in [0.4, 0.5) is 14.7 Å². The number of benzene rings is 1. The SMILES string of the molecule is Cc1cc(-c2c(-c3ncco3)nc(N)n3nc(Cc4c(F)cccc4F)nc23)cc(C#N)n1. The molecule has 0 aliphatic carbocycles. The van der Waals surface area contributed by atoms with Crippen LogP contribution >= 0.6 is 0 Å². The fourth-order valence-electron chi connectivity index (χ4n) is 3.57. The molecule has 0 bridgehead atoms. The second-order valence-electron chi connectivity index (χ2n) is 7.17. The Morgan fingerprint density at radius 2 is 1.94 bits per heavy atom. The number of anilines is 1. The van der Waals surface area contributed by atoms with Crippen LogP contribution in [0.3, 0.4) is 0 Å². The van der Waals surface area contributed by atoms with Crippen molar-refractivity contribution in [1.82, 2.24) is 29.5 Å². The third kappa shape index (κ3) is 3.53. The highest BCUT2D eigenvalue weighted by atomic mass is 19.1. The maximum absolute atomic E-state index is 14.2. The molecule has 162 valence electrons. The van der Waals surface area contributed by atoms with E-state index in [2.05, 4.69) is 25.0 Å². The number of nitriles is 1. The summed E-state index contributed by atoms with van der Waals surface area (Å²) in [5.41, 5.74) is 8.26. The number of nitrogen functional groups attached to an aromatic ring is 1. The third-order valence-electron chi connectivity index (χ3n) is 4.94. The van der Waals surface area contributed by atoms with Gasteiger partial charge in [-0.2, -0.15) is 9.78 Å². The van der Waals surface area contributed by atoms with E-state index < -0.39 is 11.6 Å². The Morgan fingerprint density at radius 1 is 1.15 bits per heavy atom. The lowest BCUT2D eigenvalue weighted by Crippen LogP contribution is -2.06. The maximum atomic E-state index is 14.2. The zero-order chi connectivity index (χ0) is 23.1. The van der Waals surface area contributed by atoms with Gasteiger partial charge in [0.25, 0.3) is 0 Å². The van der Waals surface area contributed by atoms with Crippen LogP contribution in [-0.4, -0.2) is 29.5 Å². The van der Waals surface area contributed by atoms with Gasteiger partial charge in [0.2, 0.25) is 11.8 Å². The zero-order valence-corrected chi connectivity index (χ0v) is 17.1. The van der Waals surface area contributed by atoms with Crippen molar-refractivity contribution in [2.24, 2.45) is 0 Å².